The number of aliphatic carboxylic acids is 1. The quantitative estimate of drug-likeness (QED) is 0.685. The number of phenols is 1. The highest BCUT2D eigenvalue weighted by Crippen LogP contribution is 2.13. The van der Waals surface area contributed by atoms with Crippen LogP contribution in [0.3, 0.4) is 0 Å². The summed E-state index contributed by atoms with van der Waals surface area (Å²) in [6.45, 7) is 0. The van der Waals surface area contributed by atoms with Gasteiger partial charge in [0.25, 0.3) is 0 Å². The normalized spacial score (nSPS) is 11.3. The lowest BCUT2D eigenvalue weighted by atomic mass is 10.2. The highest BCUT2D eigenvalue weighted by molar-refractivity contribution is 5.89. The summed E-state index contributed by atoms with van der Waals surface area (Å²) >= 11 is 0. The summed E-state index contributed by atoms with van der Waals surface area (Å²) in [5.41, 5.74) is 0.387. The topological polar surface area (TPSA) is 57.5 Å². The Bertz CT molecular complexity index is 340. The molecule has 0 aliphatic rings. The van der Waals surface area contributed by atoms with Crippen LogP contribution in [0, 0.1) is 0 Å². The Labute approximate surface area is 73.8 Å². The molecule has 0 unspecified atom stereocenters. The Hall–Kier alpha value is -1.84. The van der Waals surface area contributed by atoms with Crippen molar-refractivity contribution in [3.8, 4) is 5.75 Å². The fourth-order valence-corrected chi connectivity index (χ4v) is 0.779. The first-order valence-corrected chi connectivity index (χ1v) is 3.49. The maximum absolute atomic E-state index is 12.5. The average molecular weight is 182 g/mol. The largest absolute Gasteiger partial charge is 0.508 e. The summed E-state index contributed by atoms with van der Waals surface area (Å²) in [4.78, 5) is 10.1. The first-order chi connectivity index (χ1) is 6.09. The molecule has 0 aromatic heterocycles. The summed E-state index contributed by atoms with van der Waals surface area (Å²) in [6, 6.07) is 5.53. The van der Waals surface area contributed by atoms with Gasteiger partial charge in [-0.25, -0.2) is 4.79 Å². The molecule has 0 aliphatic carbocycles. The third-order valence-corrected chi connectivity index (χ3v) is 1.39. The number of hydrogen-bond acceptors (Lipinski definition) is 2. The van der Waals surface area contributed by atoms with Gasteiger partial charge in [0.05, 0.1) is 0 Å². The SMILES string of the molecule is O=C(O)/C(F)=C\c1ccc(O)cc1. The van der Waals surface area contributed by atoms with Gasteiger partial charge in [0.2, 0.25) is 5.83 Å². The summed E-state index contributed by atoms with van der Waals surface area (Å²) in [5.74, 6) is -2.79. The minimum atomic E-state index is -1.60. The number of carbonyl (C=O) groups is 1. The van der Waals surface area contributed by atoms with E-state index in [0.717, 1.165) is 6.08 Å². The number of benzene rings is 1. The lowest BCUT2D eigenvalue weighted by Gasteiger charge is -1.93. The molecule has 0 aliphatic heterocycles. The molecule has 0 fully saturated rings. The number of rotatable bonds is 2. The molecule has 2 N–H and O–H groups in total. The van der Waals surface area contributed by atoms with E-state index in [4.69, 9.17) is 10.2 Å². The molecule has 1 aromatic rings. The number of halogens is 1. The molecule has 1 rings (SSSR count). The minimum absolute atomic E-state index is 0.0490. The van der Waals surface area contributed by atoms with Crippen molar-refractivity contribution >= 4 is 12.0 Å². The van der Waals surface area contributed by atoms with Crippen molar-refractivity contribution in [3.05, 3.63) is 35.7 Å². The molecule has 1 aromatic carbocycles. The van der Waals surface area contributed by atoms with E-state index < -0.39 is 11.8 Å². The molecule has 4 heteroatoms. The Kier molecular flexibility index (Phi) is 2.64. The molecular weight excluding hydrogens is 175 g/mol. The number of carboxylic acids is 1. The van der Waals surface area contributed by atoms with Crippen LogP contribution in [0.25, 0.3) is 6.08 Å². The van der Waals surface area contributed by atoms with Crippen LogP contribution in [-0.4, -0.2) is 16.2 Å². The summed E-state index contributed by atoms with van der Waals surface area (Å²) in [5, 5.41) is 17.1. The fourth-order valence-electron chi connectivity index (χ4n) is 0.779. The average Bonchev–Trinajstić information content (AvgIpc) is 2.08. The predicted octanol–water partition coefficient (Wildman–Crippen LogP) is 1.79. The number of aromatic hydroxyl groups is 1. The van der Waals surface area contributed by atoms with E-state index in [-0.39, 0.29) is 5.75 Å². The van der Waals surface area contributed by atoms with Gasteiger partial charge in [0.15, 0.2) is 0 Å². The van der Waals surface area contributed by atoms with Crippen molar-refractivity contribution in [2.75, 3.05) is 0 Å². The zero-order chi connectivity index (χ0) is 9.84. The molecule has 0 heterocycles. The molecular formula is C9H7FO3. The van der Waals surface area contributed by atoms with Crippen LogP contribution in [0.5, 0.6) is 5.75 Å². The van der Waals surface area contributed by atoms with E-state index in [1.807, 2.05) is 0 Å². The first kappa shape index (κ1) is 9.25. The van der Waals surface area contributed by atoms with Gasteiger partial charge in [-0.2, -0.15) is 4.39 Å². The summed E-state index contributed by atoms with van der Waals surface area (Å²) < 4.78 is 12.5. The molecule has 3 nitrogen and oxygen atoms in total. The smallest absolute Gasteiger partial charge is 0.364 e. The van der Waals surface area contributed by atoms with E-state index in [2.05, 4.69) is 0 Å². The van der Waals surface area contributed by atoms with Gasteiger partial charge in [0.1, 0.15) is 5.75 Å². The van der Waals surface area contributed by atoms with E-state index in [1.165, 1.54) is 24.3 Å². The molecule has 0 saturated heterocycles. The molecule has 68 valence electrons. The highest BCUT2D eigenvalue weighted by atomic mass is 19.1. The lowest BCUT2D eigenvalue weighted by molar-refractivity contribution is -0.134. The number of carboxylic acid groups (broad SMARTS) is 1. The van der Waals surface area contributed by atoms with E-state index >= 15 is 0 Å². The van der Waals surface area contributed by atoms with Gasteiger partial charge in [0, 0.05) is 0 Å². The van der Waals surface area contributed by atoms with Crippen molar-refractivity contribution in [1.82, 2.24) is 0 Å². The van der Waals surface area contributed by atoms with Gasteiger partial charge in [-0.3, -0.25) is 0 Å². The predicted molar refractivity (Wildman–Crippen MR) is 44.8 cm³/mol. The zero-order valence-electron chi connectivity index (χ0n) is 6.57. The van der Waals surface area contributed by atoms with Gasteiger partial charge >= 0.3 is 5.97 Å². The van der Waals surface area contributed by atoms with Crippen LogP contribution in [-0.2, 0) is 4.79 Å². The Morgan fingerprint density at radius 2 is 1.85 bits per heavy atom. The van der Waals surface area contributed by atoms with Crippen LogP contribution >= 0.6 is 0 Å². The Balaban J connectivity index is 2.92. The second kappa shape index (κ2) is 3.71. The highest BCUT2D eigenvalue weighted by Gasteiger charge is 2.04. The zero-order valence-corrected chi connectivity index (χ0v) is 6.57. The van der Waals surface area contributed by atoms with E-state index in [0.29, 0.717) is 5.56 Å². The van der Waals surface area contributed by atoms with Crippen LogP contribution in [0.1, 0.15) is 5.56 Å². The van der Waals surface area contributed by atoms with Gasteiger partial charge in [-0.05, 0) is 23.8 Å². The molecule has 0 saturated carbocycles. The Morgan fingerprint density at radius 3 is 2.31 bits per heavy atom. The standard InChI is InChI=1S/C9H7FO3/c10-8(9(12)13)5-6-1-3-7(11)4-2-6/h1-5,11H,(H,12,13)/b8-5+. The third kappa shape index (κ3) is 2.59. The van der Waals surface area contributed by atoms with Gasteiger partial charge in [-0.1, -0.05) is 12.1 Å². The Morgan fingerprint density at radius 1 is 1.31 bits per heavy atom. The maximum atomic E-state index is 12.5. The lowest BCUT2D eigenvalue weighted by Crippen LogP contribution is -1.93. The number of phenolic OH excluding ortho intramolecular Hbond substituents is 1. The third-order valence-electron chi connectivity index (χ3n) is 1.39. The molecule has 0 atom stereocenters. The van der Waals surface area contributed by atoms with Gasteiger partial charge in [-0.15, -0.1) is 0 Å². The summed E-state index contributed by atoms with van der Waals surface area (Å²) in [7, 11) is 0. The van der Waals surface area contributed by atoms with Gasteiger partial charge < -0.3 is 10.2 Å². The molecule has 13 heavy (non-hydrogen) atoms. The first-order valence-electron chi connectivity index (χ1n) is 3.49. The molecule has 0 amide bonds. The van der Waals surface area contributed by atoms with Crippen molar-refractivity contribution in [3.63, 3.8) is 0 Å². The van der Waals surface area contributed by atoms with Crippen molar-refractivity contribution in [2.45, 2.75) is 0 Å². The van der Waals surface area contributed by atoms with Crippen molar-refractivity contribution < 1.29 is 19.4 Å². The monoisotopic (exact) mass is 182 g/mol. The second-order valence-electron chi connectivity index (χ2n) is 2.39. The number of hydrogen-bond donors (Lipinski definition) is 2. The van der Waals surface area contributed by atoms with Crippen molar-refractivity contribution in [1.29, 1.82) is 0 Å². The maximum Gasteiger partial charge on any atom is 0.364 e. The van der Waals surface area contributed by atoms with Crippen LogP contribution in [0.2, 0.25) is 0 Å². The fraction of sp³-hybridized carbons (Fsp3) is 0. The summed E-state index contributed by atoms with van der Waals surface area (Å²) in [6.07, 6.45) is 0.877. The molecule has 0 radical (unpaired) electrons. The molecule has 0 spiro atoms. The second-order valence-corrected chi connectivity index (χ2v) is 2.39. The van der Waals surface area contributed by atoms with Crippen LogP contribution in [0.15, 0.2) is 30.1 Å². The van der Waals surface area contributed by atoms with Crippen molar-refractivity contribution in [2.24, 2.45) is 0 Å². The minimum Gasteiger partial charge on any atom is -0.508 e. The van der Waals surface area contributed by atoms with Crippen LogP contribution in [0.4, 0.5) is 4.39 Å². The van der Waals surface area contributed by atoms with E-state index in [1.54, 1.807) is 0 Å². The van der Waals surface area contributed by atoms with E-state index in [9.17, 15) is 9.18 Å². The van der Waals surface area contributed by atoms with Crippen LogP contribution < -0.4 is 0 Å². The molecule has 0 bridgehead atoms.